The molecule has 1 rings (SSSR count). The zero-order chi connectivity index (χ0) is 9.68. The van der Waals surface area contributed by atoms with Crippen molar-refractivity contribution >= 4 is 0 Å². The van der Waals surface area contributed by atoms with Gasteiger partial charge >= 0.3 is 0 Å². The molecule has 1 N–H and O–H groups in total. The number of hydrogen-bond donors (Lipinski definition) is 1. The molecule has 1 nitrogen and oxygen atoms in total. The van der Waals surface area contributed by atoms with E-state index in [9.17, 15) is 5.11 Å². The van der Waals surface area contributed by atoms with Gasteiger partial charge in [0.1, 0.15) is 0 Å². The highest BCUT2D eigenvalue weighted by molar-refractivity contribution is 4.77. The van der Waals surface area contributed by atoms with Crippen LogP contribution in [0.4, 0.5) is 0 Å². The van der Waals surface area contributed by atoms with Crippen LogP contribution in [0.2, 0.25) is 0 Å². The summed E-state index contributed by atoms with van der Waals surface area (Å²) in [5, 5.41) is 9.70. The molecule has 0 radical (unpaired) electrons. The first-order chi connectivity index (χ1) is 6.25. The van der Waals surface area contributed by atoms with Crippen LogP contribution in [-0.2, 0) is 0 Å². The summed E-state index contributed by atoms with van der Waals surface area (Å²) in [6, 6.07) is 0. The lowest BCUT2D eigenvalue weighted by atomic mass is 9.76. The Morgan fingerprint density at radius 2 is 1.85 bits per heavy atom. The van der Waals surface area contributed by atoms with E-state index >= 15 is 0 Å². The van der Waals surface area contributed by atoms with Gasteiger partial charge in [-0.2, -0.15) is 0 Å². The molecule has 2 unspecified atom stereocenters. The van der Waals surface area contributed by atoms with E-state index in [0.717, 1.165) is 5.92 Å². The van der Waals surface area contributed by atoms with Crippen LogP contribution in [0.25, 0.3) is 0 Å². The van der Waals surface area contributed by atoms with Crippen LogP contribution in [0.1, 0.15) is 58.8 Å². The number of aliphatic hydroxyl groups is 1. The fourth-order valence-corrected chi connectivity index (χ4v) is 2.77. The summed E-state index contributed by atoms with van der Waals surface area (Å²) >= 11 is 0. The van der Waals surface area contributed by atoms with Crippen LogP contribution in [0, 0.1) is 11.8 Å². The molecular formula is C12H24O. The van der Waals surface area contributed by atoms with Crippen molar-refractivity contribution in [2.24, 2.45) is 11.8 Å². The Kier molecular flexibility index (Phi) is 4.79. The molecule has 1 aliphatic rings. The molecule has 0 bridgehead atoms. The molecule has 1 heteroatoms. The van der Waals surface area contributed by atoms with E-state index in [0.29, 0.717) is 5.92 Å². The van der Waals surface area contributed by atoms with Crippen molar-refractivity contribution in [2.45, 2.75) is 64.9 Å². The van der Waals surface area contributed by atoms with Crippen molar-refractivity contribution in [2.75, 3.05) is 0 Å². The zero-order valence-corrected chi connectivity index (χ0v) is 9.13. The second-order valence-electron chi connectivity index (χ2n) is 4.59. The summed E-state index contributed by atoms with van der Waals surface area (Å²) in [7, 11) is 0. The lowest BCUT2D eigenvalue weighted by Crippen LogP contribution is -2.27. The van der Waals surface area contributed by atoms with Gasteiger partial charge in [0, 0.05) is 0 Å². The predicted molar refractivity (Wildman–Crippen MR) is 56.7 cm³/mol. The van der Waals surface area contributed by atoms with Crippen molar-refractivity contribution in [1.29, 1.82) is 0 Å². The summed E-state index contributed by atoms with van der Waals surface area (Å²) < 4.78 is 0. The topological polar surface area (TPSA) is 20.2 Å². The molecule has 0 amide bonds. The van der Waals surface area contributed by atoms with E-state index in [2.05, 4.69) is 6.92 Å². The zero-order valence-electron chi connectivity index (χ0n) is 9.13. The molecule has 1 saturated carbocycles. The number of rotatable bonds is 4. The molecule has 78 valence electrons. The van der Waals surface area contributed by atoms with Crippen LogP contribution >= 0.6 is 0 Å². The highest BCUT2D eigenvalue weighted by atomic mass is 16.3. The SMILES string of the molecule is CCCC(C(C)O)C1CCCCC1. The molecule has 2 atom stereocenters. The van der Waals surface area contributed by atoms with Crippen molar-refractivity contribution in [3.05, 3.63) is 0 Å². The van der Waals surface area contributed by atoms with E-state index in [1.165, 1.54) is 44.9 Å². The first-order valence-electron chi connectivity index (χ1n) is 5.93. The van der Waals surface area contributed by atoms with E-state index in [1.807, 2.05) is 6.92 Å². The lowest BCUT2D eigenvalue weighted by Gasteiger charge is -2.32. The summed E-state index contributed by atoms with van der Waals surface area (Å²) in [6.45, 7) is 4.19. The average Bonchev–Trinajstić information content (AvgIpc) is 2.15. The van der Waals surface area contributed by atoms with Crippen molar-refractivity contribution < 1.29 is 5.11 Å². The minimum atomic E-state index is -0.0944. The molecule has 0 spiro atoms. The summed E-state index contributed by atoms with van der Waals surface area (Å²) in [4.78, 5) is 0. The van der Waals surface area contributed by atoms with Gasteiger partial charge in [0.2, 0.25) is 0 Å². The van der Waals surface area contributed by atoms with Crippen LogP contribution < -0.4 is 0 Å². The normalized spacial score (nSPS) is 24.2. The van der Waals surface area contributed by atoms with Crippen molar-refractivity contribution in [3.63, 3.8) is 0 Å². The maximum atomic E-state index is 9.70. The molecule has 0 saturated heterocycles. The summed E-state index contributed by atoms with van der Waals surface area (Å²) in [5.41, 5.74) is 0. The number of aliphatic hydroxyl groups excluding tert-OH is 1. The third-order valence-electron chi connectivity index (χ3n) is 3.50. The Bertz CT molecular complexity index is 125. The van der Waals surface area contributed by atoms with Gasteiger partial charge in [0.05, 0.1) is 6.10 Å². The van der Waals surface area contributed by atoms with E-state index in [-0.39, 0.29) is 6.10 Å². The smallest absolute Gasteiger partial charge is 0.0542 e. The quantitative estimate of drug-likeness (QED) is 0.710. The third-order valence-corrected chi connectivity index (χ3v) is 3.50. The van der Waals surface area contributed by atoms with Gasteiger partial charge in [-0.05, 0) is 25.2 Å². The first kappa shape index (κ1) is 11.0. The molecule has 0 aromatic rings. The molecule has 0 aromatic heterocycles. The van der Waals surface area contributed by atoms with E-state index < -0.39 is 0 Å². The van der Waals surface area contributed by atoms with Crippen molar-refractivity contribution in [3.8, 4) is 0 Å². The van der Waals surface area contributed by atoms with Gasteiger partial charge in [-0.1, -0.05) is 45.4 Å². The van der Waals surface area contributed by atoms with Crippen LogP contribution in [-0.4, -0.2) is 11.2 Å². The Labute approximate surface area is 82.5 Å². The third kappa shape index (κ3) is 3.30. The van der Waals surface area contributed by atoms with Gasteiger partial charge in [0.25, 0.3) is 0 Å². The standard InChI is InChI=1S/C12H24O/c1-3-7-12(10(2)13)11-8-5-4-6-9-11/h10-13H,3-9H2,1-2H3. The van der Waals surface area contributed by atoms with Gasteiger partial charge in [0.15, 0.2) is 0 Å². The molecule has 0 aliphatic heterocycles. The molecule has 0 heterocycles. The molecule has 0 aromatic carbocycles. The second kappa shape index (κ2) is 5.64. The lowest BCUT2D eigenvalue weighted by molar-refractivity contribution is 0.0661. The summed E-state index contributed by atoms with van der Waals surface area (Å²) in [6.07, 6.45) is 9.23. The molecule has 1 aliphatic carbocycles. The number of hydrogen-bond acceptors (Lipinski definition) is 1. The molecule has 1 fully saturated rings. The van der Waals surface area contributed by atoms with Crippen LogP contribution in [0.3, 0.4) is 0 Å². The Balaban J connectivity index is 2.41. The molecular weight excluding hydrogens is 160 g/mol. The van der Waals surface area contributed by atoms with Crippen LogP contribution in [0.15, 0.2) is 0 Å². The Morgan fingerprint density at radius 1 is 1.23 bits per heavy atom. The van der Waals surface area contributed by atoms with Gasteiger partial charge in [-0.15, -0.1) is 0 Å². The largest absolute Gasteiger partial charge is 0.393 e. The Hall–Kier alpha value is -0.0400. The maximum absolute atomic E-state index is 9.70. The first-order valence-corrected chi connectivity index (χ1v) is 5.93. The van der Waals surface area contributed by atoms with Gasteiger partial charge in [-0.25, -0.2) is 0 Å². The van der Waals surface area contributed by atoms with E-state index in [4.69, 9.17) is 0 Å². The van der Waals surface area contributed by atoms with Gasteiger partial charge in [-0.3, -0.25) is 0 Å². The molecule has 13 heavy (non-hydrogen) atoms. The maximum Gasteiger partial charge on any atom is 0.0542 e. The summed E-state index contributed by atoms with van der Waals surface area (Å²) in [5.74, 6) is 1.39. The van der Waals surface area contributed by atoms with Gasteiger partial charge < -0.3 is 5.11 Å². The Morgan fingerprint density at radius 3 is 2.31 bits per heavy atom. The highest BCUT2D eigenvalue weighted by Crippen LogP contribution is 2.34. The fraction of sp³-hybridized carbons (Fsp3) is 1.00. The second-order valence-corrected chi connectivity index (χ2v) is 4.59. The predicted octanol–water partition coefficient (Wildman–Crippen LogP) is 3.36. The minimum Gasteiger partial charge on any atom is -0.393 e. The van der Waals surface area contributed by atoms with Crippen LogP contribution in [0.5, 0.6) is 0 Å². The van der Waals surface area contributed by atoms with Crippen molar-refractivity contribution in [1.82, 2.24) is 0 Å². The highest BCUT2D eigenvalue weighted by Gasteiger charge is 2.26. The minimum absolute atomic E-state index is 0.0944. The fourth-order valence-electron chi connectivity index (χ4n) is 2.77. The average molecular weight is 184 g/mol. The monoisotopic (exact) mass is 184 g/mol. The van der Waals surface area contributed by atoms with E-state index in [1.54, 1.807) is 0 Å².